The van der Waals surface area contributed by atoms with Crippen molar-refractivity contribution in [1.29, 1.82) is 0 Å². The Labute approximate surface area is 55.6 Å². The molecule has 0 heterocycles. The van der Waals surface area contributed by atoms with E-state index in [0.717, 1.165) is 11.8 Å². The molecule has 2 nitrogen and oxygen atoms in total. The molecule has 4 atom stereocenters. The first-order valence-corrected chi connectivity index (χ1v) is 3.80. The summed E-state index contributed by atoms with van der Waals surface area (Å²) in [5.41, 5.74) is 11.7. The van der Waals surface area contributed by atoms with Crippen LogP contribution in [0.15, 0.2) is 0 Å². The largest absolute Gasteiger partial charge is 0.326 e. The first-order valence-electron chi connectivity index (χ1n) is 3.80. The van der Waals surface area contributed by atoms with Gasteiger partial charge in [0.15, 0.2) is 0 Å². The van der Waals surface area contributed by atoms with Crippen molar-refractivity contribution in [3.63, 3.8) is 0 Å². The van der Waals surface area contributed by atoms with E-state index in [1.54, 1.807) is 0 Å². The van der Waals surface area contributed by atoms with Crippen LogP contribution in [0, 0.1) is 11.8 Å². The Kier molecular flexibility index (Phi) is 1.08. The molecule has 2 aliphatic rings. The molecule has 52 valence electrons. The molecule has 0 aliphatic heterocycles. The van der Waals surface area contributed by atoms with Crippen LogP contribution >= 0.6 is 0 Å². The molecular formula is C7H14N2. The van der Waals surface area contributed by atoms with Gasteiger partial charge in [0.25, 0.3) is 0 Å². The maximum atomic E-state index is 5.84. The van der Waals surface area contributed by atoms with E-state index in [1.165, 1.54) is 19.3 Å². The molecule has 9 heavy (non-hydrogen) atoms. The summed E-state index contributed by atoms with van der Waals surface area (Å²) in [6.45, 7) is 0. The van der Waals surface area contributed by atoms with Crippen molar-refractivity contribution < 1.29 is 0 Å². The third-order valence-electron chi connectivity index (χ3n) is 3.05. The average Bonchev–Trinajstić information content (AvgIpc) is 2.37. The maximum absolute atomic E-state index is 5.84. The summed E-state index contributed by atoms with van der Waals surface area (Å²) in [6.07, 6.45) is 3.97. The van der Waals surface area contributed by atoms with Crippen LogP contribution in [0.3, 0.4) is 0 Å². The van der Waals surface area contributed by atoms with E-state index >= 15 is 0 Å². The lowest BCUT2D eigenvalue weighted by Gasteiger charge is -2.23. The third kappa shape index (κ3) is 0.634. The SMILES string of the molecule is NC1C(N)[C@H]2CC[C@@H]1C2. The molecule has 2 heteroatoms. The average molecular weight is 126 g/mol. The Morgan fingerprint density at radius 3 is 1.56 bits per heavy atom. The standard InChI is InChI=1S/C7H14N2/c8-6-4-1-2-5(3-4)7(6)9/h4-7H,1-3,8-9H2/t4-,5+,6?,7?. The second-order valence-corrected chi connectivity index (χ2v) is 3.49. The zero-order valence-corrected chi connectivity index (χ0v) is 5.59. The summed E-state index contributed by atoms with van der Waals surface area (Å²) >= 11 is 0. The lowest BCUT2D eigenvalue weighted by atomic mass is 9.92. The van der Waals surface area contributed by atoms with E-state index in [1.807, 2.05) is 0 Å². The number of hydrogen-bond acceptors (Lipinski definition) is 2. The number of rotatable bonds is 0. The Hall–Kier alpha value is -0.0800. The Morgan fingerprint density at radius 1 is 0.889 bits per heavy atom. The summed E-state index contributed by atoms with van der Waals surface area (Å²) in [6, 6.07) is 0.646. The van der Waals surface area contributed by atoms with Crippen molar-refractivity contribution in [2.75, 3.05) is 0 Å². The monoisotopic (exact) mass is 126 g/mol. The number of fused-ring (bicyclic) bond motifs is 2. The zero-order chi connectivity index (χ0) is 6.43. The van der Waals surface area contributed by atoms with Crippen LogP contribution in [0.5, 0.6) is 0 Å². The quantitative estimate of drug-likeness (QED) is 0.482. The minimum atomic E-state index is 0.323. The summed E-state index contributed by atoms with van der Waals surface area (Å²) in [5.74, 6) is 1.54. The van der Waals surface area contributed by atoms with Gasteiger partial charge in [0, 0.05) is 12.1 Å². The fraction of sp³-hybridized carbons (Fsp3) is 1.00. The maximum Gasteiger partial charge on any atom is 0.0223 e. The van der Waals surface area contributed by atoms with Crippen LogP contribution in [0.1, 0.15) is 19.3 Å². The Morgan fingerprint density at radius 2 is 1.33 bits per heavy atom. The molecule has 2 unspecified atom stereocenters. The van der Waals surface area contributed by atoms with Crippen molar-refractivity contribution in [2.24, 2.45) is 23.3 Å². The van der Waals surface area contributed by atoms with E-state index in [-0.39, 0.29) is 0 Å². The molecule has 4 N–H and O–H groups in total. The van der Waals surface area contributed by atoms with Gasteiger partial charge in [-0.05, 0) is 31.1 Å². The minimum Gasteiger partial charge on any atom is -0.326 e. The first-order chi connectivity index (χ1) is 4.29. The predicted molar refractivity (Wildman–Crippen MR) is 36.8 cm³/mol. The molecule has 2 saturated carbocycles. The first kappa shape index (κ1) is 5.69. The van der Waals surface area contributed by atoms with Gasteiger partial charge >= 0.3 is 0 Å². The second kappa shape index (κ2) is 1.70. The molecular weight excluding hydrogens is 112 g/mol. The van der Waals surface area contributed by atoms with Crippen molar-refractivity contribution >= 4 is 0 Å². The van der Waals surface area contributed by atoms with E-state index in [0.29, 0.717) is 12.1 Å². The normalized spacial score (nSPS) is 56.7. The molecule has 0 aromatic heterocycles. The van der Waals surface area contributed by atoms with Crippen molar-refractivity contribution in [3.8, 4) is 0 Å². The Balaban J connectivity index is 2.15. The molecule has 2 rings (SSSR count). The van der Waals surface area contributed by atoms with Crippen LogP contribution in [-0.4, -0.2) is 12.1 Å². The van der Waals surface area contributed by atoms with E-state index < -0.39 is 0 Å². The lowest BCUT2D eigenvalue weighted by molar-refractivity contribution is 0.365. The van der Waals surface area contributed by atoms with Gasteiger partial charge in [-0.1, -0.05) is 0 Å². The summed E-state index contributed by atoms with van der Waals surface area (Å²) < 4.78 is 0. The molecule has 2 aliphatic carbocycles. The van der Waals surface area contributed by atoms with Crippen LogP contribution in [0.25, 0.3) is 0 Å². The van der Waals surface area contributed by atoms with Gasteiger partial charge in [-0.2, -0.15) is 0 Å². The molecule has 2 fully saturated rings. The van der Waals surface area contributed by atoms with E-state index in [9.17, 15) is 0 Å². The molecule has 0 amide bonds. The van der Waals surface area contributed by atoms with Crippen LogP contribution in [0.2, 0.25) is 0 Å². The fourth-order valence-corrected chi connectivity index (χ4v) is 2.38. The molecule has 0 radical (unpaired) electrons. The third-order valence-corrected chi connectivity index (χ3v) is 3.05. The Bertz CT molecular complexity index is 106. The van der Waals surface area contributed by atoms with Gasteiger partial charge < -0.3 is 11.5 Å². The smallest absolute Gasteiger partial charge is 0.0223 e. The molecule has 0 saturated heterocycles. The minimum absolute atomic E-state index is 0.323. The number of nitrogens with two attached hydrogens (primary N) is 2. The van der Waals surface area contributed by atoms with E-state index in [2.05, 4.69) is 0 Å². The van der Waals surface area contributed by atoms with Gasteiger partial charge in [-0.15, -0.1) is 0 Å². The van der Waals surface area contributed by atoms with Crippen LogP contribution in [-0.2, 0) is 0 Å². The van der Waals surface area contributed by atoms with Crippen LogP contribution < -0.4 is 11.5 Å². The highest BCUT2D eigenvalue weighted by Crippen LogP contribution is 2.42. The fourth-order valence-electron chi connectivity index (χ4n) is 2.38. The van der Waals surface area contributed by atoms with Crippen molar-refractivity contribution in [3.05, 3.63) is 0 Å². The highest BCUT2D eigenvalue weighted by atomic mass is 14.8. The number of hydrogen-bond donors (Lipinski definition) is 2. The topological polar surface area (TPSA) is 52.0 Å². The van der Waals surface area contributed by atoms with Crippen molar-refractivity contribution in [1.82, 2.24) is 0 Å². The van der Waals surface area contributed by atoms with Gasteiger partial charge in [0.05, 0.1) is 0 Å². The molecule has 0 aromatic rings. The highest BCUT2D eigenvalue weighted by Gasteiger charge is 2.43. The second-order valence-electron chi connectivity index (χ2n) is 3.49. The van der Waals surface area contributed by atoms with Gasteiger partial charge in [-0.3, -0.25) is 0 Å². The molecule has 0 spiro atoms. The molecule has 0 aromatic carbocycles. The van der Waals surface area contributed by atoms with Crippen molar-refractivity contribution in [2.45, 2.75) is 31.3 Å². The predicted octanol–water partition coefficient (Wildman–Crippen LogP) is 0.0709. The zero-order valence-electron chi connectivity index (χ0n) is 5.59. The molecule has 2 bridgehead atoms. The van der Waals surface area contributed by atoms with Gasteiger partial charge in [0.2, 0.25) is 0 Å². The summed E-state index contributed by atoms with van der Waals surface area (Å²) in [7, 11) is 0. The summed E-state index contributed by atoms with van der Waals surface area (Å²) in [4.78, 5) is 0. The van der Waals surface area contributed by atoms with Gasteiger partial charge in [-0.25, -0.2) is 0 Å². The van der Waals surface area contributed by atoms with E-state index in [4.69, 9.17) is 11.5 Å². The lowest BCUT2D eigenvalue weighted by Crippen LogP contribution is -2.45. The van der Waals surface area contributed by atoms with Crippen LogP contribution in [0.4, 0.5) is 0 Å². The highest BCUT2D eigenvalue weighted by molar-refractivity contribution is 5.01. The van der Waals surface area contributed by atoms with Gasteiger partial charge in [0.1, 0.15) is 0 Å². The summed E-state index contributed by atoms with van der Waals surface area (Å²) in [5, 5.41) is 0.